The van der Waals surface area contributed by atoms with Crippen LogP contribution in [0.3, 0.4) is 0 Å². The average Bonchev–Trinajstić information content (AvgIpc) is 2.98. The van der Waals surface area contributed by atoms with E-state index in [4.69, 9.17) is 4.74 Å². The summed E-state index contributed by atoms with van der Waals surface area (Å²) in [5.41, 5.74) is 1.01. The Morgan fingerprint density at radius 1 is 1.12 bits per heavy atom. The van der Waals surface area contributed by atoms with Crippen molar-refractivity contribution < 1.29 is 23.9 Å². The van der Waals surface area contributed by atoms with Crippen LogP contribution in [0, 0.1) is 0 Å². The Balaban J connectivity index is 1.67. The van der Waals surface area contributed by atoms with E-state index in [1.165, 1.54) is 0 Å². The normalized spacial score (nSPS) is 19.3. The van der Waals surface area contributed by atoms with Crippen molar-refractivity contribution in [1.29, 1.82) is 0 Å². The van der Waals surface area contributed by atoms with Gasteiger partial charge in [0.25, 0.3) is 0 Å². The van der Waals surface area contributed by atoms with E-state index in [1.807, 2.05) is 54.6 Å². The first-order chi connectivity index (χ1) is 12.6. The van der Waals surface area contributed by atoms with Crippen LogP contribution >= 0.6 is 11.9 Å². The summed E-state index contributed by atoms with van der Waals surface area (Å²) >= 11 is 1.00. The molecule has 1 aliphatic heterocycles. The van der Waals surface area contributed by atoms with Crippen molar-refractivity contribution >= 4 is 23.9 Å². The van der Waals surface area contributed by atoms with Crippen LogP contribution in [-0.2, 0) is 11.3 Å². The molecule has 0 aliphatic carbocycles. The van der Waals surface area contributed by atoms with Crippen molar-refractivity contribution in [3.05, 3.63) is 60.2 Å². The first-order valence-electron chi connectivity index (χ1n) is 8.37. The van der Waals surface area contributed by atoms with Gasteiger partial charge in [0.15, 0.2) is 5.88 Å². The summed E-state index contributed by atoms with van der Waals surface area (Å²) in [6.45, 7) is 1.25. The standard InChI is InChI=1S/C19H20N2O4S/c22-18-7-4-12-21(18,14-26-20-19(23)24)13-15-8-10-17(11-9-15)25-16-5-2-1-3-6-16/h1-3,5-6,8-11,20H,4,7,12-14H2. The van der Waals surface area contributed by atoms with Gasteiger partial charge in [-0.2, -0.15) is 0 Å². The van der Waals surface area contributed by atoms with E-state index in [0.29, 0.717) is 25.4 Å². The lowest BCUT2D eigenvalue weighted by molar-refractivity contribution is -0.847. The maximum absolute atomic E-state index is 12.4. The molecule has 0 aromatic heterocycles. The number of hydrogen-bond acceptors (Lipinski definition) is 5. The highest BCUT2D eigenvalue weighted by Gasteiger charge is 2.41. The zero-order chi connectivity index (χ0) is 18.4. The second-order valence-electron chi connectivity index (χ2n) is 6.25. The van der Waals surface area contributed by atoms with Gasteiger partial charge in [0, 0.05) is 23.9 Å². The van der Waals surface area contributed by atoms with E-state index in [0.717, 1.165) is 35.4 Å². The minimum atomic E-state index is -1.35. The third-order valence-electron chi connectivity index (χ3n) is 4.36. The van der Waals surface area contributed by atoms with Gasteiger partial charge in [-0.25, -0.2) is 9.28 Å². The van der Waals surface area contributed by atoms with Gasteiger partial charge in [0.1, 0.15) is 24.1 Å². The van der Waals surface area contributed by atoms with Crippen LogP contribution < -0.4 is 14.6 Å². The molecule has 2 aromatic rings. The molecule has 2 aromatic carbocycles. The second-order valence-corrected chi connectivity index (χ2v) is 7.00. The SMILES string of the molecule is O=C([O-])NSC[N+]1(Cc2ccc(Oc3ccccc3)cc2)CCCC1=O. The smallest absolute Gasteiger partial charge is 0.314 e. The summed E-state index contributed by atoms with van der Waals surface area (Å²) in [6.07, 6.45) is 0.00304. The fourth-order valence-corrected chi connectivity index (χ4v) is 3.89. The van der Waals surface area contributed by atoms with Crippen molar-refractivity contribution in [2.45, 2.75) is 19.4 Å². The number of hydrogen-bond donors (Lipinski definition) is 1. The molecule has 1 N–H and O–H groups in total. The lowest BCUT2D eigenvalue weighted by atomic mass is 10.2. The van der Waals surface area contributed by atoms with Gasteiger partial charge < -0.3 is 19.4 Å². The summed E-state index contributed by atoms with van der Waals surface area (Å²) < 4.78 is 8.20. The highest BCUT2D eigenvalue weighted by Crippen LogP contribution is 2.28. The van der Waals surface area contributed by atoms with Gasteiger partial charge in [-0.05, 0) is 36.4 Å². The molecule has 1 saturated heterocycles. The molecule has 0 spiro atoms. The maximum Gasteiger partial charge on any atom is 0.314 e. The zero-order valence-corrected chi connectivity index (χ0v) is 15.0. The Bertz CT molecular complexity index is 767. The van der Waals surface area contributed by atoms with Crippen molar-refractivity contribution in [1.82, 2.24) is 4.72 Å². The molecular formula is C19H20N2O4S. The molecule has 1 heterocycles. The highest BCUT2D eigenvalue weighted by atomic mass is 32.2. The van der Waals surface area contributed by atoms with Crippen LogP contribution in [-0.4, -0.2) is 28.9 Å². The molecule has 0 bridgehead atoms. The van der Waals surface area contributed by atoms with E-state index in [1.54, 1.807) is 0 Å². The van der Waals surface area contributed by atoms with Crippen molar-refractivity contribution in [2.24, 2.45) is 0 Å². The maximum atomic E-state index is 12.4. The van der Waals surface area contributed by atoms with E-state index in [-0.39, 0.29) is 10.4 Å². The van der Waals surface area contributed by atoms with Gasteiger partial charge in [-0.3, -0.25) is 0 Å². The number of amides is 2. The van der Waals surface area contributed by atoms with Crippen LogP contribution in [0.4, 0.5) is 4.79 Å². The molecule has 0 saturated carbocycles. The number of rotatable bonds is 7. The summed E-state index contributed by atoms with van der Waals surface area (Å²) in [7, 11) is 0. The molecule has 7 heteroatoms. The molecule has 1 unspecified atom stereocenters. The zero-order valence-electron chi connectivity index (χ0n) is 14.2. The third-order valence-corrected chi connectivity index (χ3v) is 5.29. The number of nitrogens with zero attached hydrogens (tertiary/aromatic N) is 1. The molecular weight excluding hydrogens is 352 g/mol. The fourth-order valence-electron chi connectivity index (χ4n) is 3.10. The van der Waals surface area contributed by atoms with E-state index < -0.39 is 6.09 Å². The van der Waals surface area contributed by atoms with Crippen molar-refractivity contribution in [2.75, 3.05) is 12.4 Å². The third kappa shape index (κ3) is 4.56. The molecule has 1 aliphatic rings. The number of quaternary nitrogens is 1. The lowest BCUT2D eigenvalue weighted by Gasteiger charge is -2.31. The molecule has 0 radical (unpaired) electrons. The predicted octanol–water partition coefficient (Wildman–Crippen LogP) is 2.65. The molecule has 6 nitrogen and oxygen atoms in total. The molecule has 1 fully saturated rings. The Kier molecular flexibility index (Phi) is 5.80. The van der Waals surface area contributed by atoms with Gasteiger partial charge in [-0.15, -0.1) is 0 Å². The van der Waals surface area contributed by atoms with Crippen LogP contribution in [0.25, 0.3) is 0 Å². The van der Waals surface area contributed by atoms with E-state index in [2.05, 4.69) is 4.72 Å². The van der Waals surface area contributed by atoms with Gasteiger partial charge in [0.2, 0.25) is 0 Å². The van der Waals surface area contributed by atoms with Crippen molar-refractivity contribution in [3.8, 4) is 11.5 Å². The number of nitrogens with one attached hydrogen (secondary N) is 1. The average molecular weight is 372 g/mol. The van der Waals surface area contributed by atoms with Gasteiger partial charge >= 0.3 is 5.91 Å². The lowest BCUT2D eigenvalue weighted by Crippen LogP contribution is -2.49. The topological polar surface area (TPSA) is 78.5 Å². The Morgan fingerprint density at radius 3 is 2.42 bits per heavy atom. The van der Waals surface area contributed by atoms with E-state index >= 15 is 0 Å². The number of carbonyl (C=O) groups is 2. The van der Waals surface area contributed by atoms with Crippen LogP contribution in [0.5, 0.6) is 11.5 Å². The van der Waals surface area contributed by atoms with Gasteiger partial charge in [0.05, 0.1) is 13.0 Å². The number of ether oxygens (including phenoxy) is 1. The van der Waals surface area contributed by atoms with Crippen LogP contribution in [0.2, 0.25) is 0 Å². The number of para-hydroxylation sites is 1. The minimum absolute atomic E-state index is 0.141. The number of benzene rings is 2. The van der Waals surface area contributed by atoms with Crippen LogP contribution in [0.1, 0.15) is 18.4 Å². The predicted molar refractivity (Wildman–Crippen MR) is 97.0 cm³/mol. The largest absolute Gasteiger partial charge is 0.529 e. The van der Waals surface area contributed by atoms with Crippen molar-refractivity contribution in [3.63, 3.8) is 0 Å². The summed E-state index contributed by atoms with van der Waals surface area (Å²) in [5.74, 6) is 1.99. The summed E-state index contributed by atoms with van der Waals surface area (Å²) in [6, 6.07) is 17.2. The monoisotopic (exact) mass is 372 g/mol. The molecule has 1 atom stereocenters. The summed E-state index contributed by atoms with van der Waals surface area (Å²) in [4.78, 5) is 23.0. The Hall–Kier alpha value is -2.51. The second kappa shape index (κ2) is 8.25. The number of carboxylic acid groups (broad SMARTS) is 1. The quantitative estimate of drug-likeness (QED) is 0.597. The minimum Gasteiger partial charge on any atom is -0.529 e. The number of carbonyl (C=O) groups excluding carboxylic acids is 2. The highest BCUT2D eigenvalue weighted by molar-refractivity contribution is 7.97. The van der Waals surface area contributed by atoms with Crippen LogP contribution in [0.15, 0.2) is 54.6 Å². The van der Waals surface area contributed by atoms with E-state index in [9.17, 15) is 14.7 Å². The fraction of sp³-hybridized carbons (Fsp3) is 0.263. The summed E-state index contributed by atoms with van der Waals surface area (Å²) in [5, 5.41) is 10.6. The molecule has 3 rings (SSSR count). The Labute approximate surface area is 156 Å². The first kappa shape index (κ1) is 18.3. The van der Waals surface area contributed by atoms with Gasteiger partial charge in [-0.1, -0.05) is 18.2 Å². The molecule has 26 heavy (non-hydrogen) atoms. The molecule has 136 valence electrons. The Morgan fingerprint density at radius 2 is 1.81 bits per heavy atom. The number of likely N-dealkylation sites (tertiary alicyclic amines) is 1. The molecule has 2 amide bonds. The first-order valence-corrected chi connectivity index (χ1v) is 9.36.